The van der Waals surface area contributed by atoms with Crippen LogP contribution in [0.25, 0.3) is 11.1 Å². The topological polar surface area (TPSA) is 108 Å². The number of aryl methyl sites for hydroxylation is 1. The summed E-state index contributed by atoms with van der Waals surface area (Å²) in [5.74, 6) is 1.26. The second kappa shape index (κ2) is 16.0. The number of hydrogen-bond donors (Lipinski definition) is 4. The van der Waals surface area contributed by atoms with E-state index in [-0.39, 0.29) is 5.91 Å². The average molecular weight is 543 g/mol. The van der Waals surface area contributed by atoms with E-state index in [1.807, 2.05) is 89.4 Å². The monoisotopic (exact) mass is 542 g/mol. The van der Waals surface area contributed by atoms with E-state index in [1.54, 1.807) is 0 Å². The van der Waals surface area contributed by atoms with Crippen LogP contribution >= 0.6 is 0 Å². The Morgan fingerprint density at radius 1 is 1.07 bits per heavy atom. The van der Waals surface area contributed by atoms with Gasteiger partial charge in [0.15, 0.2) is 0 Å². The zero-order valence-corrected chi connectivity index (χ0v) is 24.3. The van der Waals surface area contributed by atoms with Crippen molar-refractivity contribution in [2.24, 2.45) is 5.41 Å². The minimum absolute atomic E-state index is 0.0529. The Morgan fingerprint density at radius 2 is 1.80 bits per heavy atom. The van der Waals surface area contributed by atoms with Gasteiger partial charge in [0.05, 0.1) is 5.41 Å². The SMILES string of the molecule is C=C(/C=C\C)C(C)(C)C(=O)NCc1ccc(-c2cnc(Nc3cccc(C)c3)nc2NCCCNC)cc1.C=O. The van der Waals surface area contributed by atoms with Gasteiger partial charge < -0.3 is 26.1 Å². The second-order valence-electron chi connectivity index (χ2n) is 9.86. The summed E-state index contributed by atoms with van der Waals surface area (Å²) in [5.41, 5.74) is 5.15. The lowest BCUT2D eigenvalue weighted by atomic mass is 9.84. The average Bonchev–Trinajstić information content (AvgIpc) is 2.95. The first kappa shape index (κ1) is 31.9. The summed E-state index contributed by atoms with van der Waals surface area (Å²) in [6.45, 7) is 15.9. The normalized spacial score (nSPS) is 10.9. The zero-order chi connectivity index (χ0) is 29.5. The van der Waals surface area contributed by atoms with Gasteiger partial charge in [0, 0.05) is 30.5 Å². The van der Waals surface area contributed by atoms with E-state index in [0.717, 1.165) is 53.3 Å². The molecule has 1 heterocycles. The fourth-order valence-electron chi connectivity index (χ4n) is 3.87. The van der Waals surface area contributed by atoms with E-state index >= 15 is 0 Å². The Labute approximate surface area is 238 Å². The van der Waals surface area contributed by atoms with Gasteiger partial charge in [-0.15, -0.1) is 0 Å². The Balaban J connectivity index is 0.00000274. The van der Waals surface area contributed by atoms with Crippen LogP contribution in [-0.4, -0.2) is 42.8 Å². The van der Waals surface area contributed by atoms with Crippen molar-refractivity contribution in [3.05, 3.63) is 90.2 Å². The molecule has 3 aromatic rings. The van der Waals surface area contributed by atoms with Gasteiger partial charge >= 0.3 is 0 Å². The molecule has 3 rings (SSSR count). The lowest BCUT2D eigenvalue weighted by Crippen LogP contribution is -2.37. The van der Waals surface area contributed by atoms with Crippen LogP contribution in [0.15, 0.2) is 79.0 Å². The van der Waals surface area contributed by atoms with Gasteiger partial charge in [0.25, 0.3) is 0 Å². The summed E-state index contributed by atoms with van der Waals surface area (Å²) in [6.07, 6.45) is 6.59. The molecule has 0 fully saturated rings. The molecule has 0 saturated heterocycles. The van der Waals surface area contributed by atoms with Gasteiger partial charge in [-0.3, -0.25) is 4.79 Å². The highest BCUT2D eigenvalue weighted by atomic mass is 16.2. The number of carbonyl (C=O) groups excluding carboxylic acids is 2. The van der Waals surface area contributed by atoms with E-state index < -0.39 is 5.41 Å². The molecule has 0 spiro atoms. The number of nitrogens with zero attached hydrogens (tertiary/aromatic N) is 2. The molecule has 0 aliphatic heterocycles. The highest BCUT2D eigenvalue weighted by Gasteiger charge is 2.29. The highest BCUT2D eigenvalue weighted by Crippen LogP contribution is 2.29. The van der Waals surface area contributed by atoms with Crippen LogP contribution in [-0.2, 0) is 16.1 Å². The molecule has 0 atom stereocenters. The first-order valence-corrected chi connectivity index (χ1v) is 13.3. The summed E-state index contributed by atoms with van der Waals surface area (Å²) < 4.78 is 0. The zero-order valence-electron chi connectivity index (χ0n) is 24.3. The summed E-state index contributed by atoms with van der Waals surface area (Å²) >= 11 is 0. The van der Waals surface area contributed by atoms with Crippen LogP contribution in [0.2, 0.25) is 0 Å². The van der Waals surface area contributed by atoms with E-state index in [4.69, 9.17) is 9.78 Å². The second-order valence-corrected chi connectivity index (χ2v) is 9.86. The van der Waals surface area contributed by atoms with Crippen LogP contribution in [0.4, 0.5) is 17.5 Å². The van der Waals surface area contributed by atoms with Crippen LogP contribution in [0.3, 0.4) is 0 Å². The Morgan fingerprint density at radius 3 is 2.45 bits per heavy atom. The number of nitrogens with one attached hydrogen (secondary N) is 4. The number of anilines is 3. The lowest BCUT2D eigenvalue weighted by molar-refractivity contribution is -0.127. The third kappa shape index (κ3) is 9.17. The molecule has 0 saturated carbocycles. The molecule has 2 aromatic carbocycles. The third-order valence-corrected chi connectivity index (χ3v) is 6.42. The molecule has 40 heavy (non-hydrogen) atoms. The summed E-state index contributed by atoms with van der Waals surface area (Å²) in [7, 11) is 1.95. The fourth-order valence-corrected chi connectivity index (χ4v) is 3.87. The number of amides is 1. The van der Waals surface area contributed by atoms with Crippen LogP contribution in [0.1, 0.15) is 38.3 Å². The van der Waals surface area contributed by atoms with Crippen molar-refractivity contribution >= 4 is 30.1 Å². The molecule has 0 unspecified atom stereocenters. The maximum Gasteiger partial charge on any atom is 0.230 e. The quantitative estimate of drug-likeness (QED) is 0.160. The maximum absolute atomic E-state index is 12.8. The van der Waals surface area contributed by atoms with Crippen molar-refractivity contribution in [3.8, 4) is 11.1 Å². The molecule has 4 N–H and O–H groups in total. The lowest BCUT2D eigenvalue weighted by Gasteiger charge is -2.24. The third-order valence-electron chi connectivity index (χ3n) is 6.42. The summed E-state index contributed by atoms with van der Waals surface area (Å²) in [4.78, 5) is 30.1. The molecular formula is C32H42N6O2. The van der Waals surface area contributed by atoms with Crippen molar-refractivity contribution < 1.29 is 9.59 Å². The molecule has 1 amide bonds. The van der Waals surface area contributed by atoms with Crippen molar-refractivity contribution in [2.75, 3.05) is 30.8 Å². The maximum atomic E-state index is 12.8. The van der Waals surface area contributed by atoms with Crippen molar-refractivity contribution in [1.29, 1.82) is 0 Å². The van der Waals surface area contributed by atoms with Crippen molar-refractivity contribution in [1.82, 2.24) is 20.6 Å². The Bertz CT molecular complexity index is 1280. The molecule has 0 bridgehead atoms. The predicted octanol–water partition coefficient (Wildman–Crippen LogP) is 5.81. The number of allylic oxidation sites excluding steroid dienone is 2. The molecule has 8 heteroatoms. The van der Waals surface area contributed by atoms with Gasteiger partial charge in [0.1, 0.15) is 12.6 Å². The van der Waals surface area contributed by atoms with Crippen LogP contribution in [0, 0.1) is 12.3 Å². The van der Waals surface area contributed by atoms with Crippen LogP contribution < -0.4 is 21.3 Å². The van der Waals surface area contributed by atoms with E-state index in [0.29, 0.717) is 12.5 Å². The minimum Gasteiger partial charge on any atom is -0.369 e. The van der Waals surface area contributed by atoms with E-state index in [2.05, 4.69) is 51.9 Å². The van der Waals surface area contributed by atoms with Crippen molar-refractivity contribution in [3.63, 3.8) is 0 Å². The van der Waals surface area contributed by atoms with Gasteiger partial charge in [-0.2, -0.15) is 4.98 Å². The van der Waals surface area contributed by atoms with E-state index in [1.165, 1.54) is 5.56 Å². The van der Waals surface area contributed by atoms with Gasteiger partial charge in [-0.1, -0.05) is 55.1 Å². The fraction of sp³-hybridized carbons (Fsp3) is 0.312. The first-order valence-electron chi connectivity index (χ1n) is 13.3. The number of benzene rings is 2. The molecule has 1 aromatic heterocycles. The Kier molecular flexibility index (Phi) is 12.7. The first-order chi connectivity index (χ1) is 19.2. The number of rotatable bonds is 13. The van der Waals surface area contributed by atoms with Gasteiger partial charge in [-0.25, -0.2) is 4.98 Å². The smallest absolute Gasteiger partial charge is 0.230 e. The summed E-state index contributed by atoms with van der Waals surface area (Å²) in [5, 5.41) is 13.0. The number of aromatic nitrogens is 2. The molecule has 0 aliphatic rings. The molecule has 0 aliphatic carbocycles. The minimum atomic E-state index is -0.675. The molecular weight excluding hydrogens is 500 g/mol. The van der Waals surface area contributed by atoms with E-state index in [9.17, 15) is 4.79 Å². The summed E-state index contributed by atoms with van der Waals surface area (Å²) in [6, 6.07) is 16.2. The van der Waals surface area contributed by atoms with Crippen LogP contribution in [0.5, 0.6) is 0 Å². The number of hydrogen-bond acceptors (Lipinski definition) is 7. The Hall–Kier alpha value is -4.30. The predicted molar refractivity (Wildman–Crippen MR) is 166 cm³/mol. The number of carbonyl (C=O) groups is 2. The van der Waals surface area contributed by atoms with Crippen molar-refractivity contribution in [2.45, 2.75) is 40.7 Å². The largest absolute Gasteiger partial charge is 0.369 e. The molecule has 8 nitrogen and oxygen atoms in total. The highest BCUT2D eigenvalue weighted by molar-refractivity contribution is 5.85. The molecule has 0 radical (unpaired) electrons. The molecule has 212 valence electrons. The van der Waals surface area contributed by atoms with Gasteiger partial charge in [-0.05, 0) is 82.1 Å². The van der Waals surface area contributed by atoms with Gasteiger partial charge in [0.2, 0.25) is 11.9 Å². The standard InChI is InChI=1S/C31H40N6O.CH2O/c1-7-10-23(3)31(4,5)29(38)34-20-24-13-15-25(16-14-24)27-21-35-30(36-26-12-8-11-22(2)19-26)37-28(27)33-18-9-17-32-6;1-2/h7-8,10-16,19,21,32H,3,9,17-18,20H2,1-2,4-6H3,(H,34,38)(H2,33,35,36,37);1H2/b10-7-;.